The number of nitrogens with one attached hydrogen (secondary N) is 1. The Morgan fingerprint density at radius 2 is 1.70 bits per heavy atom. The number of amides is 1. The van der Waals surface area contributed by atoms with Crippen molar-refractivity contribution in [2.75, 3.05) is 5.32 Å². The summed E-state index contributed by atoms with van der Waals surface area (Å²) in [5.74, 6) is -0.448. The molecule has 2 aliphatic heterocycles. The Bertz CT molecular complexity index is 669. The number of carbonyl (C=O) groups is 1. The SMILES string of the molecule is CC1(C)OB(c2cc3c(c(C(F)(F)F)c2)NC(=O)C3)OC1(C)C. The lowest BCUT2D eigenvalue weighted by Gasteiger charge is -2.32. The Balaban J connectivity index is 2.06. The van der Waals surface area contributed by atoms with E-state index in [1.807, 2.05) is 27.7 Å². The fourth-order valence-corrected chi connectivity index (χ4v) is 2.71. The minimum absolute atomic E-state index is 0.0776. The van der Waals surface area contributed by atoms with Crippen molar-refractivity contribution in [1.29, 1.82) is 0 Å². The van der Waals surface area contributed by atoms with E-state index in [4.69, 9.17) is 9.31 Å². The molecule has 3 rings (SSSR count). The quantitative estimate of drug-likeness (QED) is 0.807. The molecule has 1 amide bonds. The van der Waals surface area contributed by atoms with Gasteiger partial charge in [0.25, 0.3) is 0 Å². The van der Waals surface area contributed by atoms with Crippen LogP contribution in [0.3, 0.4) is 0 Å². The summed E-state index contributed by atoms with van der Waals surface area (Å²) < 4.78 is 51.5. The zero-order chi connectivity index (χ0) is 17.2. The molecule has 1 aromatic rings. The molecular formula is C15H17BF3NO3. The lowest BCUT2D eigenvalue weighted by molar-refractivity contribution is -0.136. The minimum Gasteiger partial charge on any atom is -0.399 e. The first kappa shape index (κ1) is 16.3. The number of hydrogen-bond acceptors (Lipinski definition) is 3. The highest BCUT2D eigenvalue weighted by molar-refractivity contribution is 6.62. The van der Waals surface area contributed by atoms with Crippen molar-refractivity contribution < 1.29 is 27.3 Å². The van der Waals surface area contributed by atoms with Crippen molar-refractivity contribution in [1.82, 2.24) is 0 Å². The van der Waals surface area contributed by atoms with Gasteiger partial charge in [-0.25, -0.2) is 0 Å². The second kappa shape index (κ2) is 4.74. The normalized spacial score (nSPS) is 22.2. The molecule has 4 nitrogen and oxygen atoms in total. The van der Waals surface area contributed by atoms with Gasteiger partial charge in [0.2, 0.25) is 5.91 Å². The molecule has 0 unspecified atom stereocenters. The molecule has 0 spiro atoms. The monoisotopic (exact) mass is 327 g/mol. The van der Waals surface area contributed by atoms with E-state index in [0.717, 1.165) is 6.07 Å². The van der Waals surface area contributed by atoms with Gasteiger partial charge < -0.3 is 14.6 Å². The maximum atomic E-state index is 13.3. The first-order valence-electron chi connectivity index (χ1n) is 7.30. The molecule has 0 aliphatic carbocycles. The van der Waals surface area contributed by atoms with Gasteiger partial charge in [0.15, 0.2) is 0 Å². The van der Waals surface area contributed by atoms with Crippen molar-refractivity contribution in [3.05, 3.63) is 23.3 Å². The van der Waals surface area contributed by atoms with Crippen LogP contribution in [-0.4, -0.2) is 24.2 Å². The van der Waals surface area contributed by atoms with E-state index in [-0.39, 0.29) is 17.6 Å². The van der Waals surface area contributed by atoms with Crippen molar-refractivity contribution >= 4 is 24.2 Å². The number of rotatable bonds is 1. The Morgan fingerprint density at radius 3 is 2.22 bits per heavy atom. The fourth-order valence-electron chi connectivity index (χ4n) is 2.71. The van der Waals surface area contributed by atoms with Gasteiger partial charge in [0, 0.05) is 0 Å². The Labute approximate surface area is 132 Å². The van der Waals surface area contributed by atoms with E-state index >= 15 is 0 Å². The molecule has 8 heteroatoms. The van der Waals surface area contributed by atoms with Gasteiger partial charge in [-0.3, -0.25) is 4.79 Å². The molecule has 1 N–H and O–H groups in total. The summed E-state index contributed by atoms with van der Waals surface area (Å²) in [5, 5.41) is 2.28. The molecule has 1 aromatic carbocycles. The van der Waals surface area contributed by atoms with E-state index in [1.165, 1.54) is 0 Å². The summed E-state index contributed by atoms with van der Waals surface area (Å²) in [6, 6.07) is 2.54. The van der Waals surface area contributed by atoms with Gasteiger partial charge in [0.1, 0.15) is 0 Å². The van der Waals surface area contributed by atoms with Crippen LogP contribution in [0.25, 0.3) is 0 Å². The number of anilines is 1. The number of alkyl halides is 3. The summed E-state index contributed by atoms with van der Waals surface area (Å²) in [4.78, 5) is 11.5. The summed E-state index contributed by atoms with van der Waals surface area (Å²) in [7, 11) is -0.901. The third kappa shape index (κ3) is 2.63. The van der Waals surface area contributed by atoms with Crippen molar-refractivity contribution in [2.45, 2.75) is 51.5 Å². The number of fused-ring (bicyclic) bond motifs is 1. The third-order valence-corrected chi connectivity index (χ3v) is 4.69. The Kier molecular flexibility index (Phi) is 3.36. The molecule has 124 valence electrons. The van der Waals surface area contributed by atoms with Gasteiger partial charge in [0.05, 0.1) is 28.9 Å². The zero-order valence-electron chi connectivity index (χ0n) is 13.3. The van der Waals surface area contributed by atoms with Crippen LogP contribution in [0.4, 0.5) is 18.9 Å². The second-order valence-corrected chi connectivity index (χ2v) is 6.91. The van der Waals surface area contributed by atoms with Crippen molar-refractivity contribution in [3.8, 4) is 0 Å². The molecule has 0 atom stereocenters. The maximum Gasteiger partial charge on any atom is 0.494 e. The van der Waals surface area contributed by atoms with Crippen LogP contribution >= 0.6 is 0 Å². The molecule has 1 saturated heterocycles. The van der Waals surface area contributed by atoms with Crippen molar-refractivity contribution in [3.63, 3.8) is 0 Å². The Hall–Kier alpha value is -1.54. The van der Waals surface area contributed by atoms with E-state index in [0.29, 0.717) is 5.56 Å². The fraction of sp³-hybridized carbons (Fsp3) is 0.533. The molecule has 1 fully saturated rings. The summed E-state index contributed by atoms with van der Waals surface area (Å²) in [6.07, 6.45) is -4.65. The molecule has 0 bridgehead atoms. The van der Waals surface area contributed by atoms with Gasteiger partial charge >= 0.3 is 13.3 Å². The van der Waals surface area contributed by atoms with Crippen LogP contribution in [0.1, 0.15) is 38.8 Å². The van der Waals surface area contributed by atoms with E-state index in [2.05, 4.69) is 5.32 Å². The minimum atomic E-state index is -4.57. The van der Waals surface area contributed by atoms with Crippen molar-refractivity contribution in [2.24, 2.45) is 0 Å². The van der Waals surface area contributed by atoms with Gasteiger partial charge in [-0.2, -0.15) is 13.2 Å². The lowest BCUT2D eigenvalue weighted by atomic mass is 9.77. The highest BCUT2D eigenvalue weighted by Crippen LogP contribution is 2.40. The highest BCUT2D eigenvalue weighted by atomic mass is 19.4. The van der Waals surface area contributed by atoms with Gasteiger partial charge in [-0.1, -0.05) is 6.07 Å². The smallest absolute Gasteiger partial charge is 0.399 e. The van der Waals surface area contributed by atoms with E-state index in [9.17, 15) is 18.0 Å². The summed E-state index contributed by atoms with van der Waals surface area (Å²) in [6.45, 7) is 7.32. The molecular weight excluding hydrogens is 310 g/mol. The van der Waals surface area contributed by atoms with Gasteiger partial charge in [-0.05, 0) is 44.8 Å². The largest absolute Gasteiger partial charge is 0.494 e. The molecule has 2 heterocycles. The number of halogens is 3. The molecule has 0 aromatic heterocycles. The average Bonchev–Trinajstić information content (AvgIpc) is 2.83. The summed E-state index contributed by atoms with van der Waals surface area (Å²) >= 11 is 0. The van der Waals surface area contributed by atoms with Gasteiger partial charge in [-0.15, -0.1) is 0 Å². The van der Waals surface area contributed by atoms with Crippen LogP contribution in [0, 0.1) is 0 Å². The molecule has 0 radical (unpaired) electrons. The lowest BCUT2D eigenvalue weighted by Crippen LogP contribution is -2.41. The first-order valence-corrected chi connectivity index (χ1v) is 7.30. The third-order valence-electron chi connectivity index (χ3n) is 4.69. The zero-order valence-corrected chi connectivity index (χ0v) is 13.3. The predicted molar refractivity (Wildman–Crippen MR) is 79.5 cm³/mol. The maximum absolute atomic E-state index is 13.3. The van der Waals surface area contributed by atoms with E-state index in [1.54, 1.807) is 6.07 Å². The summed E-state index contributed by atoms with van der Waals surface area (Å²) in [5.41, 5.74) is -1.75. The molecule has 0 saturated carbocycles. The number of benzene rings is 1. The number of hydrogen-bond donors (Lipinski definition) is 1. The van der Waals surface area contributed by atoms with E-state index < -0.39 is 36.0 Å². The predicted octanol–water partition coefficient (Wildman–Crippen LogP) is 2.50. The molecule has 23 heavy (non-hydrogen) atoms. The standard InChI is InChI=1S/C15H17BF3NO3/c1-13(2)14(3,4)23-16(22-13)9-5-8-6-11(21)20-12(8)10(7-9)15(17,18)19/h5,7H,6H2,1-4H3,(H,20,21). The molecule has 2 aliphatic rings. The first-order chi connectivity index (χ1) is 10.4. The second-order valence-electron chi connectivity index (χ2n) is 6.91. The van der Waals surface area contributed by atoms with Crippen LogP contribution in [-0.2, 0) is 26.7 Å². The highest BCUT2D eigenvalue weighted by Gasteiger charge is 2.52. The Morgan fingerprint density at radius 1 is 1.13 bits per heavy atom. The number of carbonyl (C=O) groups excluding carboxylic acids is 1. The van der Waals surface area contributed by atoms with Crippen LogP contribution in [0.2, 0.25) is 0 Å². The topological polar surface area (TPSA) is 47.6 Å². The van der Waals surface area contributed by atoms with Crippen LogP contribution < -0.4 is 10.8 Å². The van der Waals surface area contributed by atoms with Crippen LogP contribution in [0.15, 0.2) is 12.1 Å². The average molecular weight is 327 g/mol. The van der Waals surface area contributed by atoms with Crippen LogP contribution in [0.5, 0.6) is 0 Å².